The van der Waals surface area contributed by atoms with Gasteiger partial charge in [-0.2, -0.15) is 0 Å². The van der Waals surface area contributed by atoms with Gasteiger partial charge in [-0.25, -0.2) is 4.98 Å². The third-order valence-corrected chi connectivity index (χ3v) is 4.28. The number of hydrogen-bond acceptors (Lipinski definition) is 4. The number of rotatable bonds is 4. The Balaban J connectivity index is 1.62. The first-order chi connectivity index (χ1) is 13.2. The molecule has 0 unspecified atom stereocenters. The van der Waals surface area contributed by atoms with Gasteiger partial charge in [-0.1, -0.05) is 18.2 Å². The summed E-state index contributed by atoms with van der Waals surface area (Å²) < 4.78 is 7.02. The number of nitrogens with one attached hydrogen (secondary N) is 1. The van der Waals surface area contributed by atoms with Gasteiger partial charge in [0.25, 0.3) is 5.91 Å². The first-order valence-corrected chi connectivity index (χ1v) is 8.36. The molecular formula is C21H17N3O3. The lowest BCUT2D eigenvalue weighted by Crippen LogP contribution is -2.12. The molecule has 0 fully saturated rings. The van der Waals surface area contributed by atoms with Gasteiger partial charge in [-0.05, 0) is 48.5 Å². The maximum atomic E-state index is 12.5. The monoisotopic (exact) mass is 359 g/mol. The molecule has 0 atom stereocenters. The van der Waals surface area contributed by atoms with E-state index in [4.69, 9.17) is 4.74 Å². The van der Waals surface area contributed by atoms with Crippen molar-refractivity contribution in [2.75, 3.05) is 12.4 Å². The summed E-state index contributed by atoms with van der Waals surface area (Å²) in [5.41, 5.74) is 3.84. The zero-order valence-electron chi connectivity index (χ0n) is 14.6. The van der Waals surface area contributed by atoms with Gasteiger partial charge in [0, 0.05) is 16.9 Å². The average molecular weight is 359 g/mol. The van der Waals surface area contributed by atoms with Crippen molar-refractivity contribution in [2.45, 2.75) is 0 Å². The van der Waals surface area contributed by atoms with Crippen LogP contribution in [0, 0.1) is 0 Å². The van der Waals surface area contributed by atoms with Crippen molar-refractivity contribution >= 4 is 22.6 Å². The fourth-order valence-corrected chi connectivity index (χ4v) is 2.92. The molecule has 0 aliphatic rings. The number of benzene rings is 3. The molecule has 2 N–H and O–H groups in total. The number of carbonyl (C=O) groups is 1. The second-order valence-electron chi connectivity index (χ2n) is 5.99. The highest BCUT2D eigenvalue weighted by atomic mass is 16.5. The molecule has 1 heterocycles. The smallest absolute Gasteiger partial charge is 0.255 e. The molecule has 3 aromatic carbocycles. The van der Waals surface area contributed by atoms with Crippen molar-refractivity contribution in [3.8, 4) is 17.2 Å². The number of ether oxygens (including phenoxy) is 1. The predicted octanol–water partition coefficient (Wildman–Crippen LogP) is 3.99. The van der Waals surface area contributed by atoms with E-state index in [2.05, 4.69) is 10.3 Å². The van der Waals surface area contributed by atoms with E-state index in [1.165, 1.54) is 19.2 Å². The molecule has 4 aromatic rings. The maximum Gasteiger partial charge on any atom is 0.255 e. The van der Waals surface area contributed by atoms with Crippen LogP contribution < -0.4 is 10.1 Å². The number of methoxy groups -OCH3 is 1. The molecule has 27 heavy (non-hydrogen) atoms. The van der Waals surface area contributed by atoms with E-state index in [9.17, 15) is 9.90 Å². The number of aromatic nitrogens is 2. The van der Waals surface area contributed by atoms with Crippen LogP contribution in [0.2, 0.25) is 0 Å². The zero-order valence-corrected chi connectivity index (χ0v) is 14.6. The zero-order chi connectivity index (χ0) is 18.8. The molecule has 0 spiro atoms. The minimum absolute atomic E-state index is 0.0111. The number of fused-ring (bicyclic) bond motifs is 1. The van der Waals surface area contributed by atoms with Crippen molar-refractivity contribution in [1.29, 1.82) is 0 Å². The first-order valence-electron chi connectivity index (χ1n) is 8.36. The number of hydrogen-bond donors (Lipinski definition) is 2. The third-order valence-electron chi connectivity index (χ3n) is 4.28. The van der Waals surface area contributed by atoms with Gasteiger partial charge in [0.2, 0.25) is 0 Å². The third kappa shape index (κ3) is 3.20. The predicted molar refractivity (Wildman–Crippen MR) is 104 cm³/mol. The Labute approximate surface area is 155 Å². The molecule has 0 radical (unpaired) electrons. The Kier molecular flexibility index (Phi) is 4.22. The van der Waals surface area contributed by atoms with Gasteiger partial charge in [0.15, 0.2) is 11.5 Å². The van der Waals surface area contributed by atoms with Gasteiger partial charge in [0.1, 0.15) is 6.33 Å². The molecule has 0 aliphatic carbocycles. The number of nitrogens with zero attached hydrogens (tertiary/aromatic N) is 2. The second-order valence-corrected chi connectivity index (χ2v) is 5.99. The molecule has 0 aliphatic heterocycles. The molecule has 0 saturated carbocycles. The second kappa shape index (κ2) is 6.84. The van der Waals surface area contributed by atoms with Crippen LogP contribution in [-0.2, 0) is 0 Å². The Morgan fingerprint density at radius 1 is 1.07 bits per heavy atom. The lowest BCUT2D eigenvalue weighted by Gasteiger charge is -2.10. The number of phenolic OH excluding ortho intramolecular Hbond substituents is 1. The quantitative estimate of drug-likeness (QED) is 0.578. The van der Waals surface area contributed by atoms with E-state index >= 15 is 0 Å². The molecular weight excluding hydrogens is 342 g/mol. The van der Waals surface area contributed by atoms with Crippen molar-refractivity contribution in [1.82, 2.24) is 9.55 Å². The Morgan fingerprint density at radius 2 is 1.93 bits per heavy atom. The van der Waals surface area contributed by atoms with Gasteiger partial charge < -0.3 is 15.2 Å². The lowest BCUT2D eigenvalue weighted by molar-refractivity contribution is 0.102. The molecule has 4 rings (SSSR count). The number of amides is 1. The Morgan fingerprint density at radius 3 is 2.78 bits per heavy atom. The summed E-state index contributed by atoms with van der Waals surface area (Å²) >= 11 is 0. The number of aromatic hydroxyl groups is 1. The van der Waals surface area contributed by atoms with E-state index in [1.54, 1.807) is 12.4 Å². The maximum absolute atomic E-state index is 12.5. The topological polar surface area (TPSA) is 76.4 Å². The molecule has 1 amide bonds. The van der Waals surface area contributed by atoms with E-state index in [0.717, 1.165) is 16.7 Å². The normalized spacial score (nSPS) is 10.7. The van der Waals surface area contributed by atoms with Gasteiger partial charge in [-0.15, -0.1) is 0 Å². The summed E-state index contributed by atoms with van der Waals surface area (Å²) in [7, 11) is 1.44. The Hall–Kier alpha value is -3.80. The number of anilines is 1. The van der Waals surface area contributed by atoms with Crippen molar-refractivity contribution < 1.29 is 14.6 Å². The largest absolute Gasteiger partial charge is 0.504 e. The van der Waals surface area contributed by atoms with Crippen molar-refractivity contribution in [3.05, 3.63) is 78.6 Å². The average Bonchev–Trinajstić information content (AvgIpc) is 3.12. The minimum Gasteiger partial charge on any atom is -0.504 e. The van der Waals surface area contributed by atoms with Crippen LogP contribution in [0.3, 0.4) is 0 Å². The highest BCUT2D eigenvalue weighted by molar-refractivity contribution is 6.04. The lowest BCUT2D eigenvalue weighted by atomic mass is 10.1. The summed E-state index contributed by atoms with van der Waals surface area (Å²) in [6.07, 6.45) is 1.76. The molecule has 0 bridgehead atoms. The summed E-state index contributed by atoms with van der Waals surface area (Å²) in [6.45, 7) is 0. The minimum atomic E-state index is -0.291. The van der Waals surface area contributed by atoms with E-state index in [-0.39, 0.29) is 17.4 Å². The summed E-state index contributed by atoms with van der Waals surface area (Å²) in [5, 5.41) is 12.5. The molecule has 134 valence electrons. The van der Waals surface area contributed by atoms with Crippen LogP contribution in [0.15, 0.2) is 73.1 Å². The van der Waals surface area contributed by atoms with Crippen LogP contribution in [0.1, 0.15) is 10.4 Å². The summed E-state index contributed by atoms with van der Waals surface area (Å²) in [6, 6.07) is 19.9. The van der Waals surface area contributed by atoms with Crippen LogP contribution in [-0.4, -0.2) is 27.7 Å². The number of phenols is 1. The number of imidazole rings is 1. The molecule has 6 nitrogen and oxygen atoms in total. The van der Waals surface area contributed by atoms with Gasteiger partial charge in [-0.3, -0.25) is 9.36 Å². The van der Waals surface area contributed by atoms with Gasteiger partial charge in [0.05, 0.1) is 18.1 Å². The Bertz CT molecular complexity index is 1130. The van der Waals surface area contributed by atoms with Crippen LogP contribution >= 0.6 is 0 Å². The number of para-hydroxylation sites is 2. The molecule has 6 heteroatoms. The molecule has 1 aromatic heterocycles. The fraction of sp³-hybridized carbons (Fsp3) is 0.0476. The van der Waals surface area contributed by atoms with Gasteiger partial charge >= 0.3 is 0 Å². The standard InChI is InChI=1S/C21H17N3O3/c1-27-20-11-14(9-10-19(20)25)21(26)23-15-5-4-6-16(12-15)24-13-22-17-7-2-3-8-18(17)24/h2-13,25H,1H3,(H,23,26). The van der Waals surface area contributed by atoms with Crippen LogP contribution in [0.4, 0.5) is 5.69 Å². The fourth-order valence-electron chi connectivity index (χ4n) is 2.92. The number of carbonyl (C=O) groups excluding carboxylic acids is 1. The van der Waals surface area contributed by atoms with E-state index in [1.807, 2.05) is 53.1 Å². The molecule has 0 saturated heterocycles. The van der Waals surface area contributed by atoms with Crippen molar-refractivity contribution in [2.24, 2.45) is 0 Å². The van der Waals surface area contributed by atoms with E-state index in [0.29, 0.717) is 11.3 Å². The highest BCUT2D eigenvalue weighted by Crippen LogP contribution is 2.27. The summed E-state index contributed by atoms with van der Waals surface area (Å²) in [4.78, 5) is 16.9. The van der Waals surface area contributed by atoms with E-state index < -0.39 is 0 Å². The summed E-state index contributed by atoms with van der Waals surface area (Å²) in [5.74, 6) is -0.0507. The first kappa shape index (κ1) is 16.7. The van der Waals surface area contributed by atoms with Crippen LogP contribution in [0.25, 0.3) is 16.7 Å². The highest BCUT2D eigenvalue weighted by Gasteiger charge is 2.11. The van der Waals surface area contributed by atoms with Crippen molar-refractivity contribution in [3.63, 3.8) is 0 Å². The SMILES string of the molecule is COc1cc(C(=O)Nc2cccc(-n3cnc4ccccc43)c2)ccc1O. The van der Waals surface area contributed by atoms with Crippen LogP contribution in [0.5, 0.6) is 11.5 Å².